The number of rotatable bonds is 10. The Hall–Kier alpha value is -3.20. The maximum absolute atomic E-state index is 15.6. The van der Waals surface area contributed by atoms with Crippen LogP contribution in [-0.2, 0) is 17.7 Å². The number of phenolic OH excluding ortho intramolecular Hbond substituents is 1. The largest absolute Gasteiger partial charge is 0.506 e. The summed E-state index contributed by atoms with van der Waals surface area (Å²) in [6, 6.07) is 8.57. The number of likely N-dealkylation sites (tertiary alicyclic amines) is 1. The number of phenols is 1. The van der Waals surface area contributed by atoms with Crippen molar-refractivity contribution >= 4 is 38.8 Å². The average Bonchev–Trinajstić information content (AvgIpc) is 3.65. The number of ether oxygens (including phenoxy) is 1. The van der Waals surface area contributed by atoms with E-state index in [-0.39, 0.29) is 34.8 Å². The van der Waals surface area contributed by atoms with Gasteiger partial charge in [0.25, 0.3) is 5.91 Å². The molecule has 13 heteroatoms. The standard InChI is InChI=1S/C34H42FN5O5S2/c1-20(2)31-37-28(21(3)46-31)32(43)40-15-16-45-34(19-40)10-13-39(14-11-34)18-23-6-4-5-22(27(23)35)9-12-36-17-26(42)24-7-8-25(41)29-30(24)47-33(44)38-29/h4-8,20,26,36,41-42H,9-19H2,1-3H3,(H,38,44). The molecule has 0 bridgehead atoms. The number of H-pyrrole nitrogens is 1. The lowest BCUT2D eigenvalue weighted by molar-refractivity contribution is -0.128. The molecule has 4 heterocycles. The summed E-state index contributed by atoms with van der Waals surface area (Å²) < 4.78 is 22.4. The highest BCUT2D eigenvalue weighted by molar-refractivity contribution is 7.16. The Balaban J connectivity index is 1.000. The Morgan fingerprint density at radius 3 is 2.68 bits per heavy atom. The molecule has 0 saturated carbocycles. The summed E-state index contributed by atoms with van der Waals surface area (Å²) in [5.74, 6) is 0.0184. The maximum Gasteiger partial charge on any atom is 0.305 e. The van der Waals surface area contributed by atoms with Crippen LogP contribution in [0.3, 0.4) is 0 Å². The number of aromatic amines is 1. The zero-order valence-electron chi connectivity index (χ0n) is 27.0. The Bertz CT molecular complexity index is 1790. The van der Waals surface area contributed by atoms with Gasteiger partial charge in [0.05, 0.1) is 34.6 Å². The number of hydrogen-bond acceptors (Lipinski definition) is 10. The van der Waals surface area contributed by atoms with Gasteiger partial charge in [0.1, 0.15) is 22.8 Å². The number of benzene rings is 2. The van der Waals surface area contributed by atoms with Gasteiger partial charge in [-0.3, -0.25) is 14.5 Å². The molecule has 1 atom stereocenters. The van der Waals surface area contributed by atoms with E-state index >= 15 is 4.39 Å². The third-order valence-corrected chi connectivity index (χ3v) is 11.4. The van der Waals surface area contributed by atoms with Crippen LogP contribution in [0, 0.1) is 12.7 Å². The predicted molar refractivity (Wildman–Crippen MR) is 182 cm³/mol. The number of carbonyl (C=O) groups excluding carboxylic acids is 1. The van der Waals surface area contributed by atoms with Gasteiger partial charge in [0.15, 0.2) is 0 Å². The number of carbonyl (C=O) groups is 1. The van der Waals surface area contributed by atoms with Gasteiger partial charge < -0.3 is 30.2 Å². The second-order valence-electron chi connectivity index (χ2n) is 12.9. The quantitative estimate of drug-likeness (QED) is 0.177. The molecule has 0 radical (unpaired) electrons. The first-order valence-electron chi connectivity index (χ1n) is 16.2. The summed E-state index contributed by atoms with van der Waals surface area (Å²) in [6.45, 7) is 10.4. The van der Waals surface area contributed by atoms with Gasteiger partial charge in [-0.25, -0.2) is 9.37 Å². The molecular weight excluding hydrogens is 642 g/mol. The van der Waals surface area contributed by atoms with Gasteiger partial charge in [-0.15, -0.1) is 11.3 Å². The van der Waals surface area contributed by atoms with Crippen molar-refractivity contribution in [1.82, 2.24) is 25.1 Å². The van der Waals surface area contributed by atoms with E-state index in [2.05, 4.69) is 34.0 Å². The molecule has 2 fully saturated rings. The van der Waals surface area contributed by atoms with Crippen LogP contribution < -0.4 is 10.2 Å². The molecular formula is C34H42FN5O5S2. The van der Waals surface area contributed by atoms with Crippen LogP contribution in [0.4, 0.5) is 4.39 Å². The van der Waals surface area contributed by atoms with Crippen molar-refractivity contribution in [3.05, 3.63) is 78.1 Å². The number of aryl methyl sites for hydroxylation is 1. The molecule has 47 heavy (non-hydrogen) atoms. The van der Waals surface area contributed by atoms with Crippen molar-refractivity contribution in [2.24, 2.45) is 0 Å². The lowest BCUT2D eigenvalue weighted by Gasteiger charge is -2.47. The lowest BCUT2D eigenvalue weighted by atomic mass is 9.89. The molecule has 6 rings (SSSR count). The third-order valence-electron chi connectivity index (χ3n) is 9.22. The molecule has 2 aromatic carbocycles. The number of amides is 1. The van der Waals surface area contributed by atoms with Crippen LogP contribution in [0.1, 0.15) is 75.8 Å². The minimum absolute atomic E-state index is 0.0182. The predicted octanol–water partition coefficient (Wildman–Crippen LogP) is 4.70. The molecule has 1 unspecified atom stereocenters. The fourth-order valence-corrected chi connectivity index (χ4v) is 8.35. The van der Waals surface area contributed by atoms with Crippen LogP contribution in [-0.4, -0.2) is 87.4 Å². The normalized spacial score (nSPS) is 17.6. The molecule has 1 spiro atoms. The van der Waals surface area contributed by atoms with Gasteiger partial charge in [-0.1, -0.05) is 49.4 Å². The summed E-state index contributed by atoms with van der Waals surface area (Å²) in [4.78, 5) is 37.3. The zero-order valence-corrected chi connectivity index (χ0v) is 28.6. The molecule has 2 aliphatic rings. The number of aromatic hydroxyl groups is 1. The van der Waals surface area contributed by atoms with E-state index in [1.807, 2.05) is 24.0 Å². The molecule has 10 nitrogen and oxygen atoms in total. The summed E-state index contributed by atoms with van der Waals surface area (Å²) in [7, 11) is 0. The second-order valence-corrected chi connectivity index (χ2v) is 15.1. The number of halogens is 1. The number of thiazole rings is 2. The van der Waals surface area contributed by atoms with Crippen LogP contribution in [0.25, 0.3) is 10.2 Å². The van der Waals surface area contributed by atoms with Crippen LogP contribution in [0.15, 0.2) is 35.1 Å². The average molecular weight is 684 g/mol. The number of nitrogens with one attached hydrogen (secondary N) is 2. The van der Waals surface area contributed by atoms with E-state index in [1.165, 1.54) is 6.07 Å². The molecule has 4 N–H and O–H groups in total. The maximum atomic E-state index is 15.6. The van der Waals surface area contributed by atoms with Crippen molar-refractivity contribution in [1.29, 1.82) is 0 Å². The van der Waals surface area contributed by atoms with Crippen molar-refractivity contribution in [2.75, 3.05) is 45.9 Å². The third kappa shape index (κ3) is 7.30. The summed E-state index contributed by atoms with van der Waals surface area (Å²) >= 11 is 2.54. The molecule has 2 aromatic heterocycles. The van der Waals surface area contributed by atoms with Crippen LogP contribution >= 0.6 is 22.7 Å². The van der Waals surface area contributed by atoms with E-state index in [9.17, 15) is 19.8 Å². The van der Waals surface area contributed by atoms with Crippen LogP contribution in [0.2, 0.25) is 0 Å². The van der Waals surface area contributed by atoms with Crippen molar-refractivity contribution in [2.45, 2.75) is 64.2 Å². The highest BCUT2D eigenvalue weighted by atomic mass is 32.1. The minimum Gasteiger partial charge on any atom is -0.506 e. The molecule has 2 aliphatic heterocycles. The van der Waals surface area contributed by atoms with E-state index in [0.29, 0.717) is 71.8 Å². The summed E-state index contributed by atoms with van der Waals surface area (Å²) in [5, 5.41) is 24.9. The summed E-state index contributed by atoms with van der Waals surface area (Å²) in [6.07, 6.45) is 1.10. The number of aliphatic hydroxyl groups is 1. The Kier molecular flexibility index (Phi) is 10.1. The number of aliphatic hydroxyl groups excluding tert-OH is 1. The monoisotopic (exact) mass is 683 g/mol. The lowest BCUT2D eigenvalue weighted by Crippen LogP contribution is -2.58. The smallest absolute Gasteiger partial charge is 0.305 e. The second kappa shape index (κ2) is 14.1. The van der Waals surface area contributed by atoms with Gasteiger partial charge in [-0.2, -0.15) is 0 Å². The Morgan fingerprint density at radius 2 is 1.94 bits per heavy atom. The zero-order chi connectivity index (χ0) is 33.3. The van der Waals surface area contributed by atoms with Gasteiger partial charge in [0.2, 0.25) is 0 Å². The van der Waals surface area contributed by atoms with Crippen molar-refractivity contribution in [3.8, 4) is 5.75 Å². The minimum atomic E-state index is -0.893. The molecule has 2 saturated heterocycles. The number of fused-ring (bicyclic) bond motifs is 1. The number of aromatic nitrogens is 2. The van der Waals surface area contributed by atoms with Crippen molar-refractivity contribution < 1.29 is 24.1 Å². The van der Waals surface area contributed by atoms with E-state index in [4.69, 9.17) is 4.74 Å². The highest BCUT2D eigenvalue weighted by Gasteiger charge is 2.41. The molecule has 1 amide bonds. The first-order valence-corrected chi connectivity index (χ1v) is 17.8. The van der Waals surface area contributed by atoms with Gasteiger partial charge >= 0.3 is 4.87 Å². The Morgan fingerprint density at radius 1 is 1.17 bits per heavy atom. The topological polar surface area (TPSA) is 131 Å². The summed E-state index contributed by atoms with van der Waals surface area (Å²) in [5.41, 5.74) is 2.30. The molecule has 4 aromatic rings. The fraction of sp³-hybridized carbons (Fsp3) is 0.500. The SMILES string of the molecule is Cc1sc(C(C)C)nc1C(=O)N1CCOC2(CCN(Cc3cccc(CCNCC(O)c4ccc(O)c5[nH]c(=O)sc45)c3F)CC2)C1. The number of morpholine rings is 1. The Labute approximate surface area is 281 Å². The number of nitrogens with zero attached hydrogens (tertiary/aromatic N) is 3. The number of piperidine rings is 1. The fourth-order valence-electron chi connectivity index (χ4n) is 6.51. The van der Waals surface area contributed by atoms with E-state index in [1.54, 1.807) is 23.5 Å². The van der Waals surface area contributed by atoms with E-state index < -0.39 is 11.7 Å². The van der Waals surface area contributed by atoms with Gasteiger partial charge in [-0.05, 0) is 44.4 Å². The molecule has 252 valence electrons. The van der Waals surface area contributed by atoms with Crippen LogP contribution in [0.5, 0.6) is 5.75 Å². The number of hydrogen-bond donors (Lipinski definition) is 4. The van der Waals surface area contributed by atoms with Crippen molar-refractivity contribution in [3.63, 3.8) is 0 Å². The van der Waals surface area contributed by atoms with Gasteiger partial charge in [0, 0.05) is 54.6 Å². The first-order chi connectivity index (χ1) is 22.5. The molecule has 0 aliphatic carbocycles. The highest BCUT2D eigenvalue weighted by Crippen LogP contribution is 2.34. The van der Waals surface area contributed by atoms with E-state index in [0.717, 1.165) is 47.2 Å². The first kappa shape index (κ1) is 33.7.